The highest BCUT2D eigenvalue weighted by Gasteiger charge is 2.21. The van der Waals surface area contributed by atoms with E-state index in [2.05, 4.69) is 39.1 Å². The van der Waals surface area contributed by atoms with E-state index in [0.717, 1.165) is 54.6 Å². The van der Waals surface area contributed by atoms with E-state index < -0.39 is 0 Å². The molecule has 134 valence electrons. The third-order valence-corrected chi connectivity index (χ3v) is 5.08. The number of hydrogen-bond acceptors (Lipinski definition) is 5. The van der Waals surface area contributed by atoms with E-state index in [1.807, 2.05) is 0 Å². The van der Waals surface area contributed by atoms with Crippen LogP contribution in [0.25, 0.3) is 0 Å². The molecular formula is C19H26N4O2. The Balaban J connectivity index is 1.44. The summed E-state index contributed by atoms with van der Waals surface area (Å²) in [5, 5.41) is 12.2. The lowest BCUT2D eigenvalue weighted by Gasteiger charge is -2.12. The van der Waals surface area contributed by atoms with Gasteiger partial charge in [0.2, 0.25) is 0 Å². The van der Waals surface area contributed by atoms with Crippen LogP contribution in [-0.4, -0.2) is 28.0 Å². The number of nitrogens with zero attached hydrogens (tertiary/aromatic N) is 3. The largest absolute Gasteiger partial charge is 0.496 e. The first-order valence-corrected chi connectivity index (χ1v) is 9.22. The van der Waals surface area contributed by atoms with E-state index in [0.29, 0.717) is 6.54 Å². The first-order chi connectivity index (χ1) is 12.2. The minimum absolute atomic E-state index is 0.245. The third kappa shape index (κ3) is 3.35. The van der Waals surface area contributed by atoms with Crippen molar-refractivity contribution in [2.75, 3.05) is 7.11 Å². The summed E-state index contributed by atoms with van der Waals surface area (Å²) < 4.78 is 13.7. The van der Waals surface area contributed by atoms with Gasteiger partial charge in [0.1, 0.15) is 29.3 Å². The number of aromatic nitrogens is 3. The number of ether oxygens (including phenoxy) is 2. The maximum Gasteiger partial charge on any atom is 0.147 e. The highest BCUT2D eigenvalue weighted by Crippen LogP contribution is 2.34. The molecule has 2 aromatic rings. The summed E-state index contributed by atoms with van der Waals surface area (Å²) in [6.45, 7) is 4.57. The Kier molecular flexibility index (Phi) is 4.61. The number of methoxy groups -OCH3 is 1. The second kappa shape index (κ2) is 7.04. The number of rotatable bonds is 5. The minimum atomic E-state index is 0.245. The van der Waals surface area contributed by atoms with Gasteiger partial charge in [0, 0.05) is 37.1 Å². The Bertz CT molecular complexity index is 756. The van der Waals surface area contributed by atoms with Crippen molar-refractivity contribution in [2.24, 2.45) is 0 Å². The van der Waals surface area contributed by atoms with E-state index in [-0.39, 0.29) is 6.10 Å². The van der Waals surface area contributed by atoms with Gasteiger partial charge in [0.25, 0.3) is 0 Å². The average Bonchev–Trinajstić information content (AvgIpc) is 3.07. The molecule has 2 aliphatic rings. The van der Waals surface area contributed by atoms with E-state index in [4.69, 9.17) is 9.47 Å². The molecule has 0 unspecified atom stereocenters. The normalized spacial score (nSPS) is 19.0. The van der Waals surface area contributed by atoms with E-state index in [1.165, 1.54) is 24.8 Å². The number of fused-ring (bicyclic) bond motifs is 2. The monoisotopic (exact) mass is 342 g/mol. The topological polar surface area (TPSA) is 61.2 Å². The van der Waals surface area contributed by atoms with Crippen molar-refractivity contribution in [1.29, 1.82) is 0 Å². The van der Waals surface area contributed by atoms with Crippen molar-refractivity contribution >= 4 is 0 Å². The zero-order chi connectivity index (χ0) is 17.2. The molecule has 1 aromatic carbocycles. The predicted octanol–water partition coefficient (Wildman–Crippen LogP) is 2.63. The maximum absolute atomic E-state index is 5.88. The van der Waals surface area contributed by atoms with Gasteiger partial charge in [0.05, 0.1) is 13.7 Å². The van der Waals surface area contributed by atoms with Crippen molar-refractivity contribution in [3.05, 3.63) is 34.9 Å². The molecule has 1 atom stereocenters. The molecule has 0 radical (unpaired) electrons. The van der Waals surface area contributed by atoms with Gasteiger partial charge in [-0.25, -0.2) is 0 Å². The standard InChI is InChI=1S/C19H26N4O2/c1-13-8-14-9-16(24-2)15(10-17(14)25-13)11-20-12-19-22-21-18-6-4-3-5-7-23(18)19/h9-10,13,20H,3-8,11-12H2,1-2H3/t13-/m0/s1. The molecule has 0 fully saturated rings. The minimum Gasteiger partial charge on any atom is -0.496 e. The Morgan fingerprint density at radius 1 is 1.24 bits per heavy atom. The van der Waals surface area contributed by atoms with Gasteiger partial charge >= 0.3 is 0 Å². The van der Waals surface area contributed by atoms with Crippen molar-refractivity contribution in [1.82, 2.24) is 20.1 Å². The summed E-state index contributed by atoms with van der Waals surface area (Å²) in [6, 6.07) is 4.22. The lowest BCUT2D eigenvalue weighted by molar-refractivity contribution is 0.254. The number of nitrogens with one attached hydrogen (secondary N) is 1. The highest BCUT2D eigenvalue weighted by atomic mass is 16.5. The van der Waals surface area contributed by atoms with Gasteiger partial charge in [0.15, 0.2) is 0 Å². The van der Waals surface area contributed by atoms with E-state index in [1.54, 1.807) is 7.11 Å². The lowest BCUT2D eigenvalue weighted by Crippen LogP contribution is -2.18. The molecule has 0 amide bonds. The van der Waals surface area contributed by atoms with Gasteiger partial charge in [-0.2, -0.15) is 0 Å². The van der Waals surface area contributed by atoms with Gasteiger partial charge in [-0.15, -0.1) is 10.2 Å². The van der Waals surface area contributed by atoms with Crippen LogP contribution in [0.4, 0.5) is 0 Å². The molecule has 1 N–H and O–H groups in total. The smallest absolute Gasteiger partial charge is 0.147 e. The zero-order valence-electron chi connectivity index (χ0n) is 15.0. The zero-order valence-corrected chi connectivity index (χ0v) is 15.0. The molecule has 1 aromatic heterocycles. The molecular weight excluding hydrogens is 316 g/mol. The fourth-order valence-electron chi connectivity index (χ4n) is 3.79. The molecule has 0 spiro atoms. The molecule has 4 rings (SSSR count). The number of benzene rings is 1. The Morgan fingerprint density at radius 2 is 2.16 bits per heavy atom. The van der Waals surface area contributed by atoms with Crippen LogP contribution in [-0.2, 0) is 32.5 Å². The Morgan fingerprint density at radius 3 is 3.04 bits per heavy atom. The first-order valence-electron chi connectivity index (χ1n) is 9.22. The van der Waals surface area contributed by atoms with Crippen LogP contribution in [0.1, 0.15) is 49.0 Å². The first kappa shape index (κ1) is 16.4. The number of hydrogen-bond donors (Lipinski definition) is 1. The molecule has 0 bridgehead atoms. The molecule has 6 nitrogen and oxygen atoms in total. The molecule has 3 heterocycles. The van der Waals surface area contributed by atoms with Crippen LogP contribution >= 0.6 is 0 Å². The van der Waals surface area contributed by atoms with Gasteiger partial charge in [-0.05, 0) is 31.9 Å². The summed E-state index contributed by atoms with van der Waals surface area (Å²) >= 11 is 0. The number of aryl methyl sites for hydroxylation is 1. The van der Waals surface area contributed by atoms with Crippen LogP contribution in [0.2, 0.25) is 0 Å². The van der Waals surface area contributed by atoms with Crippen molar-refractivity contribution in [3.63, 3.8) is 0 Å². The van der Waals surface area contributed by atoms with Crippen LogP contribution in [0.3, 0.4) is 0 Å². The molecule has 6 heteroatoms. The Hall–Kier alpha value is -2.08. The quantitative estimate of drug-likeness (QED) is 0.905. The molecule has 0 saturated carbocycles. The van der Waals surface area contributed by atoms with Gasteiger partial charge in [-0.3, -0.25) is 0 Å². The Labute approximate surface area is 148 Å². The van der Waals surface area contributed by atoms with E-state index >= 15 is 0 Å². The highest BCUT2D eigenvalue weighted by molar-refractivity contribution is 5.48. The summed E-state index contributed by atoms with van der Waals surface area (Å²) in [5.74, 6) is 4.07. The lowest BCUT2D eigenvalue weighted by atomic mass is 10.1. The van der Waals surface area contributed by atoms with Crippen LogP contribution in [0.5, 0.6) is 11.5 Å². The van der Waals surface area contributed by atoms with Gasteiger partial charge < -0.3 is 19.4 Å². The van der Waals surface area contributed by atoms with Crippen LogP contribution < -0.4 is 14.8 Å². The fraction of sp³-hybridized carbons (Fsp3) is 0.579. The second-order valence-electron chi connectivity index (χ2n) is 7.00. The second-order valence-corrected chi connectivity index (χ2v) is 7.00. The summed E-state index contributed by atoms with van der Waals surface area (Å²) in [7, 11) is 1.73. The molecule has 0 aliphatic carbocycles. The van der Waals surface area contributed by atoms with Crippen molar-refractivity contribution in [2.45, 2.75) is 64.8 Å². The fourth-order valence-corrected chi connectivity index (χ4v) is 3.79. The van der Waals surface area contributed by atoms with Crippen LogP contribution in [0.15, 0.2) is 12.1 Å². The summed E-state index contributed by atoms with van der Waals surface area (Å²) in [5.41, 5.74) is 2.35. The summed E-state index contributed by atoms with van der Waals surface area (Å²) in [4.78, 5) is 0. The molecule has 2 aliphatic heterocycles. The van der Waals surface area contributed by atoms with Crippen LogP contribution in [0, 0.1) is 0 Å². The van der Waals surface area contributed by atoms with Crippen molar-refractivity contribution in [3.8, 4) is 11.5 Å². The average molecular weight is 342 g/mol. The van der Waals surface area contributed by atoms with Crippen molar-refractivity contribution < 1.29 is 9.47 Å². The maximum atomic E-state index is 5.88. The molecule has 0 saturated heterocycles. The molecule has 25 heavy (non-hydrogen) atoms. The predicted molar refractivity (Wildman–Crippen MR) is 94.9 cm³/mol. The third-order valence-electron chi connectivity index (χ3n) is 5.08. The van der Waals surface area contributed by atoms with Gasteiger partial charge in [-0.1, -0.05) is 6.42 Å². The SMILES string of the molecule is COc1cc2c(cc1CNCc1nnc3n1CCCCC3)O[C@@H](C)C2. The van der Waals surface area contributed by atoms with E-state index in [9.17, 15) is 0 Å². The summed E-state index contributed by atoms with van der Waals surface area (Å²) in [6.07, 6.45) is 5.95.